The van der Waals surface area contributed by atoms with Crippen molar-refractivity contribution in [1.82, 2.24) is 4.90 Å². The van der Waals surface area contributed by atoms with Gasteiger partial charge >= 0.3 is 0 Å². The van der Waals surface area contributed by atoms with E-state index in [1.54, 1.807) is 0 Å². The van der Waals surface area contributed by atoms with Gasteiger partial charge in [-0.15, -0.1) is 0 Å². The quantitative estimate of drug-likeness (QED) is 0.602. The first kappa shape index (κ1) is 7.45. The van der Waals surface area contributed by atoms with Crippen LogP contribution < -0.4 is 0 Å². The van der Waals surface area contributed by atoms with Crippen LogP contribution in [0.5, 0.6) is 0 Å². The number of aliphatic hydroxyl groups excluding tert-OH is 1. The van der Waals surface area contributed by atoms with Crippen molar-refractivity contribution >= 4 is 0 Å². The molecule has 0 bridgehead atoms. The van der Waals surface area contributed by atoms with Crippen molar-refractivity contribution < 1.29 is 5.11 Å². The van der Waals surface area contributed by atoms with Gasteiger partial charge in [0.2, 0.25) is 0 Å². The first-order valence-corrected chi connectivity index (χ1v) is 3.80. The average Bonchev–Trinajstić information content (AvgIpc) is 1.88. The zero-order valence-corrected chi connectivity index (χ0v) is 6.72. The maximum Gasteiger partial charge on any atom is 0.111 e. The van der Waals surface area contributed by atoms with Crippen LogP contribution in [0.4, 0.5) is 0 Å². The van der Waals surface area contributed by atoms with E-state index in [1.165, 1.54) is 6.42 Å². The Hall–Kier alpha value is -0.660. The summed E-state index contributed by atoms with van der Waals surface area (Å²) in [5.74, 6) is 0.594. The molecule has 1 rings (SSSR count). The summed E-state index contributed by atoms with van der Waals surface area (Å²) in [6, 6.07) is 0. The molecule has 58 valence electrons. The Morgan fingerprint density at radius 1 is 1.20 bits per heavy atom. The van der Waals surface area contributed by atoms with E-state index in [4.69, 9.17) is 0 Å². The van der Waals surface area contributed by atoms with E-state index in [-0.39, 0.29) is 0 Å². The molecular weight excluding hydrogens is 126 g/mol. The molecular formula is C8H15NO. The second-order valence-electron chi connectivity index (χ2n) is 2.99. The van der Waals surface area contributed by atoms with E-state index in [1.807, 2.05) is 19.0 Å². The summed E-state index contributed by atoms with van der Waals surface area (Å²) < 4.78 is 0. The fraction of sp³-hybridized carbons (Fsp3) is 0.750. The van der Waals surface area contributed by atoms with Crippen LogP contribution in [0.15, 0.2) is 11.5 Å². The third kappa shape index (κ3) is 1.43. The molecule has 0 atom stereocenters. The second kappa shape index (κ2) is 2.95. The maximum atomic E-state index is 9.38. The van der Waals surface area contributed by atoms with Gasteiger partial charge < -0.3 is 10.0 Å². The van der Waals surface area contributed by atoms with Gasteiger partial charge in [-0.3, -0.25) is 0 Å². The lowest BCUT2D eigenvalue weighted by atomic mass is 10.0. The van der Waals surface area contributed by atoms with Gasteiger partial charge in [-0.1, -0.05) is 0 Å². The molecule has 0 spiro atoms. The minimum atomic E-state index is 0.594. The number of hydrogen-bond acceptors (Lipinski definition) is 2. The smallest absolute Gasteiger partial charge is 0.111 e. The molecule has 1 N–H and O–H groups in total. The van der Waals surface area contributed by atoms with Crippen LogP contribution in [0.3, 0.4) is 0 Å². The molecule has 0 aromatic heterocycles. The first-order valence-electron chi connectivity index (χ1n) is 3.80. The Morgan fingerprint density at radius 2 is 1.80 bits per heavy atom. The summed E-state index contributed by atoms with van der Waals surface area (Å²) >= 11 is 0. The molecule has 1 aliphatic carbocycles. The van der Waals surface area contributed by atoms with E-state index in [0.717, 1.165) is 25.0 Å². The molecule has 0 saturated heterocycles. The molecule has 0 aromatic carbocycles. The van der Waals surface area contributed by atoms with Crippen LogP contribution in [0.25, 0.3) is 0 Å². The van der Waals surface area contributed by atoms with Gasteiger partial charge in [-0.2, -0.15) is 0 Å². The van der Waals surface area contributed by atoms with E-state index in [0.29, 0.717) is 5.76 Å². The topological polar surface area (TPSA) is 23.5 Å². The molecule has 0 aliphatic heterocycles. The van der Waals surface area contributed by atoms with Crippen molar-refractivity contribution in [3.8, 4) is 0 Å². The van der Waals surface area contributed by atoms with Crippen molar-refractivity contribution in [1.29, 1.82) is 0 Å². The van der Waals surface area contributed by atoms with Gasteiger partial charge in [-0.05, 0) is 19.3 Å². The van der Waals surface area contributed by atoms with Crippen LogP contribution in [0, 0.1) is 0 Å². The van der Waals surface area contributed by atoms with Crippen molar-refractivity contribution in [2.75, 3.05) is 14.1 Å². The summed E-state index contributed by atoms with van der Waals surface area (Å²) in [4.78, 5) is 2.01. The normalized spacial score (nSPS) is 19.4. The van der Waals surface area contributed by atoms with Crippen molar-refractivity contribution in [3.05, 3.63) is 11.5 Å². The highest BCUT2D eigenvalue weighted by molar-refractivity contribution is 5.08. The lowest BCUT2D eigenvalue weighted by molar-refractivity contribution is 0.318. The van der Waals surface area contributed by atoms with Crippen molar-refractivity contribution in [3.63, 3.8) is 0 Å². The van der Waals surface area contributed by atoms with Gasteiger partial charge in [0.15, 0.2) is 0 Å². The fourth-order valence-electron chi connectivity index (χ4n) is 1.36. The predicted molar refractivity (Wildman–Crippen MR) is 41.8 cm³/mol. The van der Waals surface area contributed by atoms with Crippen LogP contribution in [0.1, 0.15) is 25.7 Å². The molecule has 0 fully saturated rings. The Morgan fingerprint density at radius 3 is 2.20 bits per heavy atom. The van der Waals surface area contributed by atoms with Crippen molar-refractivity contribution in [2.45, 2.75) is 25.7 Å². The largest absolute Gasteiger partial charge is 0.511 e. The molecule has 0 saturated carbocycles. The van der Waals surface area contributed by atoms with Gasteiger partial charge in [0.25, 0.3) is 0 Å². The van der Waals surface area contributed by atoms with Crippen LogP contribution in [-0.2, 0) is 0 Å². The Labute approximate surface area is 62.2 Å². The number of nitrogens with zero attached hydrogens (tertiary/aromatic N) is 1. The minimum Gasteiger partial charge on any atom is -0.511 e. The van der Waals surface area contributed by atoms with E-state index < -0.39 is 0 Å². The van der Waals surface area contributed by atoms with Gasteiger partial charge in [0.1, 0.15) is 5.76 Å². The highest BCUT2D eigenvalue weighted by atomic mass is 16.3. The van der Waals surface area contributed by atoms with Gasteiger partial charge in [0.05, 0.1) is 5.70 Å². The molecule has 2 nitrogen and oxygen atoms in total. The standard InChI is InChI=1S/C8H15NO/c1-9(2)7-5-3-4-6-8(7)10/h10H,3-6H2,1-2H3. The molecule has 10 heavy (non-hydrogen) atoms. The summed E-state index contributed by atoms with van der Waals surface area (Å²) in [7, 11) is 3.97. The first-order chi connectivity index (χ1) is 4.72. The molecule has 0 radical (unpaired) electrons. The van der Waals surface area contributed by atoms with E-state index in [2.05, 4.69) is 0 Å². The highest BCUT2D eigenvalue weighted by Crippen LogP contribution is 2.23. The molecule has 1 aliphatic rings. The van der Waals surface area contributed by atoms with E-state index >= 15 is 0 Å². The number of hydrogen-bond donors (Lipinski definition) is 1. The molecule has 0 unspecified atom stereocenters. The van der Waals surface area contributed by atoms with Gasteiger partial charge in [0, 0.05) is 20.5 Å². The van der Waals surface area contributed by atoms with Crippen LogP contribution in [-0.4, -0.2) is 24.1 Å². The summed E-state index contributed by atoms with van der Waals surface area (Å²) in [6.07, 6.45) is 4.27. The van der Waals surface area contributed by atoms with Crippen LogP contribution in [0.2, 0.25) is 0 Å². The Bertz CT molecular complexity index is 149. The third-order valence-electron chi connectivity index (χ3n) is 1.95. The van der Waals surface area contributed by atoms with Gasteiger partial charge in [-0.25, -0.2) is 0 Å². The number of allylic oxidation sites excluding steroid dienone is 2. The zero-order valence-electron chi connectivity index (χ0n) is 6.72. The fourth-order valence-corrected chi connectivity index (χ4v) is 1.36. The third-order valence-corrected chi connectivity index (χ3v) is 1.95. The zero-order chi connectivity index (χ0) is 7.56. The number of rotatable bonds is 1. The average molecular weight is 141 g/mol. The van der Waals surface area contributed by atoms with Crippen LogP contribution >= 0.6 is 0 Å². The maximum absolute atomic E-state index is 9.38. The Kier molecular flexibility index (Phi) is 2.20. The number of aliphatic hydroxyl groups is 1. The monoisotopic (exact) mass is 141 g/mol. The molecule has 0 amide bonds. The van der Waals surface area contributed by atoms with E-state index in [9.17, 15) is 5.11 Å². The van der Waals surface area contributed by atoms with Crippen molar-refractivity contribution in [2.24, 2.45) is 0 Å². The lowest BCUT2D eigenvalue weighted by Crippen LogP contribution is -2.16. The highest BCUT2D eigenvalue weighted by Gasteiger charge is 2.12. The molecule has 0 heterocycles. The summed E-state index contributed by atoms with van der Waals surface area (Å²) in [5, 5.41) is 9.38. The molecule has 2 heteroatoms. The minimum absolute atomic E-state index is 0.594. The molecule has 0 aromatic rings. The summed E-state index contributed by atoms with van der Waals surface area (Å²) in [6.45, 7) is 0. The SMILES string of the molecule is CN(C)C1=C(O)CCCC1. The Balaban J connectivity index is 2.68. The lowest BCUT2D eigenvalue weighted by Gasteiger charge is -2.22. The second-order valence-corrected chi connectivity index (χ2v) is 2.99. The summed E-state index contributed by atoms with van der Waals surface area (Å²) in [5.41, 5.74) is 1.12. The predicted octanol–water partition coefficient (Wildman–Crippen LogP) is 1.89.